The van der Waals surface area contributed by atoms with Gasteiger partial charge in [0, 0.05) is 24.8 Å². The number of hydrogen-bond donors (Lipinski definition) is 1. The molecule has 0 aliphatic rings. The van der Waals surface area contributed by atoms with Crippen molar-refractivity contribution < 1.29 is 4.39 Å². The third kappa shape index (κ3) is 3.17. The molecule has 0 aromatic heterocycles. The maximum absolute atomic E-state index is 13.8. The molecular weight excluding hydrogens is 251 g/mol. The summed E-state index contributed by atoms with van der Waals surface area (Å²) in [6, 6.07) is 15.3. The molecule has 1 atom stereocenters. The van der Waals surface area contributed by atoms with Gasteiger partial charge in [0.1, 0.15) is 5.82 Å². The third-order valence-corrected chi connectivity index (χ3v) is 3.66. The minimum absolute atomic E-state index is 0.00801. The van der Waals surface area contributed by atoms with Crippen LogP contribution in [0.2, 0.25) is 0 Å². The lowest BCUT2D eigenvalue weighted by Crippen LogP contribution is -2.22. The number of benzene rings is 2. The van der Waals surface area contributed by atoms with Crippen LogP contribution >= 0.6 is 0 Å². The quantitative estimate of drug-likeness (QED) is 0.892. The summed E-state index contributed by atoms with van der Waals surface area (Å²) in [5, 5.41) is 3.13. The fourth-order valence-electron chi connectivity index (χ4n) is 2.30. The summed E-state index contributed by atoms with van der Waals surface area (Å²) < 4.78 is 13.8. The summed E-state index contributed by atoms with van der Waals surface area (Å²) in [7, 11) is 3.92. The van der Waals surface area contributed by atoms with Crippen molar-refractivity contribution in [3.05, 3.63) is 65.5 Å². The smallest absolute Gasteiger partial charge is 0.128 e. The minimum Gasteiger partial charge on any atom is -0.368 e. The van der Waals surface area contributed by atoms with Gasteiger partial charge in [0.15, 0.2) is 0 Å². The first-order valence-corrected chi connectivity index (χ1v) is 6.84. The normalized spacial score (nSPS) is 12.2. The molecule has 0 heterocycles. The Morgan fingerprint density at radius 2 is 1.75 bits per heavy atom. The van der Waals surface area contributed by atoms with Gasteiger partial charge in [0.25, 0.3) is 0 Å². The highest BCUT2D eigenvalue weighted by atomic mass is 19.1. The molecule has 20 heavy (non-hydrogen) atoms. The second kappa shape index (κ2) is 6.53. The molecule has 2 aromatic carbocycles. The topological polar surface area (TPSA) is 15.3 Å². The maximum Gasteiger partial charge on any atom is 0.128 e. The van der Waals surface area contributed by atoms with Crippen molar-refractivity contribution in [1.29, 1.82) is 0 Å². The number of halogens is 1. The van der Waals surface area contributed by atoms with Gasteiger partial charge in [-0.25, -0.2) is 4.39 Å². The molecule has 0 bridgehead atoms. The molecule has 1 N–H and O–H groups in total. The van der Waals surface area contributed by atoms with Crippen molar-refractivity contribution in [3.8, 4) is 0 Å². The average molecular weight is 272 g/mol. The Bertz CT molecular complexity index is 551. The van der Waals surface area contributed by atoms with Gasteiger partial charge in [0.2, 0.25) is 0 Å². The lowest BCUT2D eigenvalue weighted by Gasteiger charge is -2.28. The van der Waals surface area contributed by atoms with Crippen LogP contribution in [-0.2, 0) is 6.54 Å². The monoisotopic (exact) mass is 272 g/mol. The molecule has 2 nitrogen and oxygen atoms in total. The predicted octanol–water partition coefficient (Wildman–Crippen LogP) is 3.74. The van der Waals surface area contributed by atoms with E-state index in [1.807, 2.05) is 33.2 Å². The van der Waals surface area contributed by atoms with Gasteiger partial charge in [-0.1, -0.05) is 30.3 Å². The zero-order valence-corrected chi connectivity index (χ0v) is 12.2. The molecule has 0 saturated carbocycles. The second-order valence-corrected chi connectivity index (χ2v) is 5.01. The van der Waals surface area contributed by atoms with E-state index in [0.717, 1.165) is 12.2 Å². The summed E-state index contributed by atoms with van der Waals surface area (Å²) in [6.07, 6.45) is 0. The summed E-state index contributed by atoms with van der Waals surface area (Å²) in [4.78, 5) is 2.08. The van der Waals surface area contributed by atoms with Crippen LogP contribution < -0.4 is 10.2 Å². The molecule has 1 unspecified atom stereocenters. The SMILES string of the molecule is CNCc1ccc(N(C)C(C)c2ccccc2F)cc1. The van der Waals surface area contributed by atoms with E-state index in [0.29, 0.717) is 5.56 Å². The molecule has 106 valence electrons. The van der Waals surface area contributed by atoms with Crippen LogP contribution in [0.1, 0.15) is 24.1 Å². The molecule has 0 fully saturated rings. The predicted molar refractivity (Wildman–Crippen MR) is 82.4 cm³/mol. The number of rotatable bonds is 5. The second-order valence-electron chi connectivity index (χ2n) is 5.01. The summed E-state index contributed by atoms with van der Waals surface area (Å²) in [6.45, 7) is 2.87. The van der Waals surface area contributed by atoms with Crippen molar-refractivity contribution in [2.45, 2.75) is 19.5 Å². The van der Waals surface area contributed by atoms with Crippen molar-refractivity contribution in [2.24, 2.45) is 0 Å². The summed E-state index contributed by atoms with van der Waals surface area (Å²) >= 11 is 0. The van der Waals surface area contributed by atoms with E-state index in [1.165, 1.54) is 11.6 Å². The van der Waals surface area contributed by atoms with Crippen molar-refractivity contribution in [1.82, 2.24) is 5.32 Å². The highest BCUT2D eigenvalue weighted by Gasteiger charge is 2.15. The lowest BCUT2D eigenvalue weighted by molar-refractivity contribution is 0.585. The molecule has 3 heteroatoms. The van der Waals surface area contributed by atoms with Crippen LogP contribution in [0.4, 0.5) is 10.1 Å². The van der Waals surface area contributed by atoms with E-state index in [4.69, 9.17) is 0 Å². The Balaban J connectivity index is 2.18. The van der Waals surface area contributed by atoms with E-state index in [2.05, 4.69) is 34.5 Å². The zero-order valence-electron chi connectivity index (χ0n) is 12.2. The first-order chi connectivity index (χ1) is 9.63. The summed E-state index contributed by atoms with van der Waals surface area (Å²) in [5.74, 6) is -0.154. The fraction of sp³-hybridized carbons (Fsp3) is 0.294. The van der Waals surface area contributed by atoms with Gasteiger partial charge < -0.3 is 10.2 Å². The number of anilines is 1. The lowest BCUT2D eigenvalue weighted by atomic mass is 10.1. The van der Waals surface area contributed by atoms with Gasteiger partial charge in [-0.2, -0.15) is 0 Å². The molecule has 0 aliphatic heterocycles. The Morgan fingerprint density at radius 1 is 1.10 bits per heavy atom. The van der Waals surface area contributed by atoms with E-state index in [-0.39, 0.29) is 11.9 Å². The van der Waals surface area contributed by atoms with Gasteiger partial charge in [-0.3, -0.25) is 0 Å². The molecule has 0 saturated heterocycles. The number of nitrogens with zero attached hydrogens (tertiary/aromatic N) is 1. The highest BCUT2D eigenvalue weighted by Crippen LogP contribution is 2.26. The van der Waals surface area contributed by atoms with Crippen LogP contribution in [0.3, 0.4) is 0 Å². The van der Waals surface area contributed by atoms with E-state index in [1.54, 1.807) is 6.07 Å². The first-order valence-electron chi connectivity index (χ1n) is 6.84. The van der Waals surface area contributed by atoms with Crippen LogP contribution in [0.5, 0.6) is 0 Å². The van der Waals surface area contributed by atoms with Crippen molar-refractivity contribution >= 4 is 5.69 Å². The first kappa shape index (κ1) is 14.5. The van der Waals surface area contributed by atoms with Crippen molar-refractivity contribution in [2.75, 3.05) is 19.0 Å². The minimum atomic E-state index is -0.154. The van der Waals surface area contributed by atoms with Crippen molar-refractivity contribution in [3.63, 3.8) is 0 Å². The summed E-state index contributed by atoms with van der Waals surface area (Å²) in [5.41, 5.74) is 3.04. The zero-order chi connectivity index (χ0) is 14.5. The van der Waals surface area contributed by atoms with E-state index >= 15 is 0 Å². The maximum atomic E-state index is 13.8. The third-order valence-electron chi connectivity index (χ3n) is 3.66. The van der Waals surface area contributed by atoms with Gasteiger partial charge in [-0.05, 0) is 37.7 Å². The van der Waals surface area contributed by atoms with Gasteiger partial charge >= 0.3 is 0 Å². The fourth-order valence-corrected chi connectivity index (χ4v) is 2.30. The number of nitrogens with one attached hydrogen (secondary N) is 1. The number of hydrogen-bond acceptors (Lipinski definition) is 2. The Morgan fingerprint density at radius 3 is 2.35 bits per heavy atom. The molecule has 0 aliphatic carbocycles. The van der Waals surface area contributed by atoms with Gasteiger partial charge in [0.05, 0.1) is 6.04 Å². The van der Waals surface area contributed by atoms with Gasteiger partial charge in [-0.15, -0.1) is 0 Å². The molecule has 2 aromatic rings. The molecule has 0 spiro atoms. The standard InChI is InChI=1S/C17H21FN2/c1-13(16-6-4-5-7-17(16)18)20(3)15-10-8-14(9-11-15)12-19-2/h4-11,13,19H,12H2,1-3H3. The van der Waals surface area contributed by atoms with E-state index < -0.39 is 0 Å². The van der Waals surface area contributed by atoms with Crippen LogP contribution in [0.25, 0.3) is 0 Å². The molecular formula is C17H21FN2. The highest BCUT2D eigenvalue weighted by molar-refractivity contribution is 5.49. The Hall–Kier alpha value is -1.87. The molecule has 0 radical (unpaired) electrons. The Labute approximate surface area is 120 Å². The van der Waals surface area contributed by atoms with Crippen LogP contribution in [0, 0.1) is 5.82 Å². The molecule has 0 amide bonds. The van der Waals surface area contributed by atoms with E-state index in [9.17, 15) is 4.39 Å². The Kier molecular flexibility index (Phi) is 4.74. The average Bonchev–Trinajstić information content (AvgIpc) is 2.47. The van der Waals surface area contributed by atoms with Crippen LogP contribution in [-0.4, -0.2) is 14.1 Å². The largest absolute Gasteiger partial charge is 0.368 e. The molecule has 2 rings (SSSR count). The van der Waals surface area contributed by atoms with Crippen LogP contribution in [0.15, 0.2) is 48.5 Å².